The molecule has 0 aliphatic carbocycles. The maximum atomic E-state index is 12.2. The molecule has 0 fully saturated rings. The van der Waals surface area contributed by atoms with Crippen LogP contribution in [0.5, 0.6) is 0 Å². The Labute approximate surface area is 71.7 Å². The molecule has 0 atom stereocenters. The second-order valence-corrected chi connectivity index (χ2v) is 2.44. The van der Waals surface area contributed by atoms with Crippen molar-refractivity contribution in [2.75, 3.05) is 0 Å². The Bertz CT molecular complexity index is 309. The molecule has 0 aliphatic heterocycles. The van der Waals surface area contributed by atoms with Crippen molar-refractivity contribution >= 4 is 12.6 Å². The van der Waals surface area contributed by atoms with E-state index in [4.69, 9.17) is 10.0 Å². The van der Waals surface area contributed by atoms with Gasteiger partial charge in [-0.15, -0.1) is 0 Å². The molecule has 1 aromatic rings. The van der Waals surface area contributed by atoms with Crippen LogP contribution in [-0.4, -0.2) is 26.9 Å². The van der Waals surface area contributed by atoms with E-state index in [2.05, 4.69) is 5.10 Å². The topological polar surface area (TPSA) is 58.3 Å². The number of aromatic nitrogens is 2. The molecule has 0 unspecified atom stereocenters. The van der Waals surface area contributed by atoms with Crippen LogP contribution in [0.4, 0.5) is 13.2 Å². The number of rotatable bonds is 1. The molecular weight excluding hydrogens is 188 g/mol. The lowest BCUT2D eigenvalue weighted by Crippen LogP contribution is -2.35. The SMILES string of the molecule is Cn1ncc(B(O)O)c1C(F)(F)F. The maximum absolute atomic E-state index is 12.2. The smallest absolute Gasteiger partial charge is 0.423 e. The third-order valence-corrected chi connectivity index (χ3v) is 1.51. The fourth-order valence-electron chi connectivity index (χ4n) is 0.991. The molecule has 0 spiro atoms. The van der Waals surface area contributed by atoms with Crippen LogP contribution in [0.15, 0.2) is 6.20 Å². The van der Waals surface area contributed by atoms with Crippen LogP contribution in [0, 0.1) is 0 Å². The Morgan fingerprint density at radius 2 is 2.00 bits per heavy atom. The minimum atomic E-state index is -4.63. The minimum Gasteiger partial charge on any atom is -0.423 e. The molecule has 0 aromatic carbocycles. The van der Waals surface area contributed by atoms with Gasteiger partial charge in [0.1, 0.15) is 5.69 Å². The number of hydrogen-bond acceptors (Lipinski definition) is 3. The standard InChI is InChI=1S/C5H6BF3N2O2/c1-11-4(5(7,8)9)3(2-10-11)6(12)13/h2,12-13H,1H3. The van der Waals surface area contributed by atoms with Crippen LogP contribution in [0.2, 0.25) is 0 Å². The van der Waals surface area contributed by atoms with E-state index in [0.717, 1.165) is 13.2 Å². The largest absolute Gasteiger partial charge is 0.492 e. The minimum absolute atomic E-state index is 0.550. The molecule has 2 N–H and O–H groups in total. The van der Waals surface area contributed by atoms with E-state index in [9.17, 15) is 13.2 Å². The first-order valence-corrected chi connectivity index (χ1v) is 3.29. The zero-order chi connectivity index (χ0) is 10.2. The monoisotopic (exact) mass is 194 g/mol. The van der Waals surface area contributed by atoms with Gasteiger partial charge in [-0.2, -0.15) is 18.3 Å². The summed E-state index contributed by atoms with van der Waals surface area (Å²) in [5, 5.41) is 20.4. The van der Waals surface area contributed by atoms with E-state index in [1.54, 1.807) is 0 Å². The van der Waals surface area contributed by atoms with Crippen molar-refractivity contribution in [3.63, 3.8) is 0 Å². The predicted octanol–water partition coefficient (Wildman–Crippen LogP) is -0.881. The zero-order valence-electron chi connectivity index (χ0n) is 6.58. The molecule has 8 heteroatoms. The van der Waals surface area contributed by atoms with Crippen molar-refractivity contribution in [1.82, 2.24) is 9.78 Å². The molecule has 1 aromatic heterocycles. The van der Waals surface area contributed by atoms with Crippen molar-refractivity contribution in [1.29, 1.82) is 0 Å². The molecule has 0 aliphatic rings. The molecule has 4 nitrogen and oxygen atoms in total. The van der Waals surface area contributed by atoms with Crippen molar-refractivity contribution < 1.29 is 23.2 Å². The highest BCUT2D eigenvalue weighted by Crippen LogP contribution is 2.27. The summed E-state index contributed by atoms with van der Waals surface area (Å²) in [5.74, 6) is 0. The molecule has 0 saturated carbocycles. The molecular formula is C5H6BF3N2O2. The fourth-order valence-corrected chi connectivity index (χ4v) is 0.991. The summed E-state index contributed by atoms with van der Waals surface area (Å²) in [6, 6.07) is 0. The Kier molecular flexibility index (Phi) is 2.35. The highest BCUT2D eigenvalue weighted by atomic mass is 19.4. The quantitative estimate of drug-likeness (QED) is 0.570. The number of aryl methyl sites for hydroxylation is 1. The molecule has 1 heterocycles. The van der Waals surface area contributed by atoms with E-state index >= 15 is 0 Å². The van der Waals surface area contributed by atoms with Crippen LogP contribution in [0.3, 0.4) is 0 Å². The second kappa shape index (κ2) is 3.04. The Hall–Kier alpha value is -1.02. The second-order valence-electron chi connectivity index (χ2n) is 2.44. The van der Waals surface area contributed by atoms with E-state index in [1.165, 1.54) is 0 Å². The third kappa shape index (κ3) is 1.83. The van der Waals surface area contributed by atoms with E-state index in [1.807, 2.05) is 0 Å². The lowest BCUT2D eigenvalue weighted by molar-refractivity contribution is -0.142. The van der Waals surface area contributed by atoms with Crippen LogP contribution in [0.1, 0.15) is 5.69 Å². The summed E-state index contributed by atoms with van der Waals surface area (Å²) in [7, 11) is -1.08. The first-order chi connectivity index (χ1) is 5.84. The van der Waals surface area contributed by atoms with E-state index in [0.29, 0.717) is 4.68 Å². The van der Waals surface area contributed by atoms with Crippen LogP contribution in [0.25, 0.3) is 0 Å². The molecule has 0 bridgehead atoms. The van der Waals surface area contributed by atoms with Crippen LogP contribution in [-0.2, 0) is 13.2 Å². The summed E-state index contributed by atoms with van der Waals surface area (Å²) < 4.78 is 37.2. The number of halogens is 3. The van der Waals surface area contributed by atoms with Gasteiger partial charge in [0, 0.05) is 18.7 Å². The summed E-state index contributed by atoms with van der Waals surface area (Å²) in [6.07, 6.45) is -3.86. The summed E-state index contributed by atoms with van der Waals surface area (Å²) >= 11 is 0. The lowest BCUT2D eigenvalue weighted by atomic mass is 9.80. The van der Waals surface area contributed by atoms with Crippen molar-refractivity contribution in [3.05, 3.63) is 11.9 Å². The Balaban J connectivity index is 3.25. The average Bonchev–Trinajstić information content (AvgIpc) is 2.28. The van der Waals surface area contributed by atoms with Gasteiger partial charge >= 0.3 is 13.3 Å². The summed E-state index contributed by atoms with van der Waals surface area (Å²) in [6.45, 7) is 0. The highest BCUT2D eigenvalue weighted by molar-refractivity contribution is 6.59. The molecule has 72 valence electrons. The van der Waals surface area contributed by atoms with Gasteiger partial charge in [0.15, 0.2) is 0 Å². The normalized spacial score (nSPS) is 11.8. The molecule has 0 amide bonds. The van der Waals surface area contributed by atoms with E-state index in [-0.39, 0.29) is 0 Å². The molecule has 13 heavy (non-hydrogen) atoms. The van der Waals surface area contributed by atoms with Gasteiger partial charge in [-0.1, -0.05) is 0 Å². The molecule has 0 saturated heterocycles. The van der Waals surface area contributed by atoms with Gasteiger partial charge < -0.3 is 10.0 Å². The Morgan fingerprint density at radius 1 is 1.46 bits per heavy atom. The predicted molar refractivity (Wildman–Crippen MR) is 38.0 cm³/mol. The third-order valence-electron chi connectivity index (χ3n) is 1.51. The van der Waals surface area contributed by atoms with Gasteiger partial charge in [0.05, 0.1) is 0 Å². The molecule has 1 rings (SSSR count). The van der Waals surface area contributed by atoms with Crippen molar-refractivity contribution in [3.8, 4) is 0 Å². The number of alkyl halides is 3. The van der Waals surface area contributed by atoms with Gasteiger partial charge in [0.2, 0.25) is 0 Å². The molecule has 0 radical (unpaired) electrons. The fraction of sp³-hybridized carbons (Fsp3) is 0.400. The lowest BCUT2D eigenvalue weighted by Gasteiger charge is -2.08. The summed E-state index contributed by atoms with van der Waals surface area (Å²) in [5.41, 5.74) is -1.79. The van der Waals surface area contributed by atoms with Gasteiger partial charge in [0.25, 0.3) is 0 Å². The zero-order valence-corrected chi connectivity index (χ0v) is 6.58. The first-order valence-electron chi connectivity index (χ1n) is 3.29. The first kappa shape index (κ1) is 10.1. The van der Waals surface area contributed by atoms with Crippen LogP contribution < -0.4 is 5.46 Å². The van der Waals surface area contributed by atoms with Crippen molar-refractivity contribution in [2.45, 2.75) is 6.18 Å². The Morgan fingerprint density at radius 3 is 2.31 bits per heavy atom. The van der Waals surface area contributed by atoms with Crippen LogP contribution >= 0.6 is 0 Å². The van der Waals surface area contributed by atoms with E-state index < -0.39 is 24.5 Å². The summed E-state index contributed by atoms with van der Waals surface area (Å²) in [4.78, 5) is 0. The average molecular weight is 194 g/mol. The number of nitrogens with zero attached hydrogens (tertiary/aromatic N) is 2. The maximum Gasteiger partial charge on any atom is 0.492 e. The highest BCUT2D eigenvalue weighted by Gasteiger charge is 2.39. The number of hydrogen-bond donors (Lipinski definition) is 2. The van der Waals surface area contributed by atoms with Gasteiger partial charge in [-0.3, -0.25) is 4.68 Å². The van der Waals surface area contributed by atoms with Gasteiger partial charge in [-0.25, -0.2) is 0 Å². The van der Waals surface area contributed by atoms with Gasteiger partial charge in [-0.05, 0) is 0 Å². The van der Waals surface area contributed by atoms with Crippen molar-refractivity contribution in [2.24, 2.45) is 7.05 Å².